The summed E-state index contributed by atoms with van der Waals surface area (Å²) in [7, 11) is 0. The molecule has 4 aliphatic rings. The Bertz CT molecular complexity index is 662. The molecule has 2 nitrogen and oxygen atoms in total. The molecule has 2 heterocycles. The van der Waals surface area contributed by atoms with Crippen molar-refractivity contribution in [3.8, 4) is 5.75 Å². The highest BCUT2D eigenvalue weighted by atomic mass is 35.5. The van der Waals surface area contributed by atoms with Gasteiger partial charge in [-0.15, -0.1) is 0 Å². The van der Waals surface area contributed by atoms with E-state index in [-0.39, 0.29) is 0 Å². The number of ether oxygens (including phenoxy) is 1. The quantitative estimate of drug-likeness (QED) is 0.724. The monoisotopic (exact) mass is 343 g/mol. The van der Waals surface area contributed by atoms with E-state index in [1.165, 1.54) is 50.9 Å². The minimum Gasteiger partial charge on any atom is -0.493 e. The number of likely N-dealkylation sites (tertiary alicyclic amines) is 1. The highest BCUT2D eigenvalue weighted by Gasteiger charge is 2.42. The third kappa shape index (κ3) is 2.50. The Morgan fingerprint density at radius 2 is 2.00 bits per heavy atom. The Morgan fingerprint density at radius 1 is 1.12 bits per heavy atom. The van der Waals surface area contributed by atoms with Gasteiger partial charge in [-0.1, -0.05) is 23.8 Å². The van der Waals surface area contributed by atoms with Gasteiger partial charge in [0.25, 0.3) is 0 Å². The number of rotatable bonds is 2. The van der Waals surface area contributed by atoms with E-state index in [4.69, 9.17) is 16.3 Å². The summed E-state index contributed by atoms with van der Waals surface area (Å²) in [5.74, 6) is 3.73. The van der Waals surface area contributed by atoms with E-state index < -0.39 is 0 Å². The van der Waals surface area contributed by atoms with Crippen LogP contribution in [-0.4, -0.2) is 31.1 Å². The number of fused-ring (bicyclic) bond motifs is 4. The van der Waals surface area contributed by atoms with Crippen LogP contribution in [-0.2, 0) is 5.41 Å². The zero-order valence-corrected chi connectivity index (χ0v) is 15.0. The Morgan fingerprint density at radius 3 is 2.75 bits per heavy atom. The molecule has 128 valence electrons. The van der Waals surface area contributed by atoms with Crippen LogP contribution in [0.5, 0.6) is 5.75 Å². The van der Waals surface area contributed by atoms with Crippen LogP contribution in [0.2, 0.25) is 5.02 Å². The minimum absolute atomic E-state index is 0.295. The summed E-state index contributed by atoms with van der Waals surface area (Å²) in [4.78, 5) is 2.73. The molecule has 5 rings (SSSR count). The molecule has 0 radical (unpaired) electrons. The lowest BCUT2D eigenvalue weighted by molar-refractivity contribution is 0.102. The largest absolute Gasteiger partial charge is 0.493 e. The van der Waals surface area contributed by atoms with Crippen molar-refractivity contribution in [3.63, 3.8) is 0 Å². The molecule has 1 saturated heterocycles. The lowest BCUT2D eigenvalue weighted by Crippen LogP contribution is -2.46. The number of hydrogen-bond donors (Lipinski definition) is 0. The van der Waals surface area contributed by atoms with E-state index in [1.54, 1.807) is 0 Å². The fourth-order valence-corrected chi connectivity index (χ4v) is 5.82. The van der Waals surface area contributed by atoms with E-state index in [0.717, 1.165) is 41.6 Å². The van der Waals surface area contributed by atoms with Crippen LogP contribution < -0.4 is 4.74 Å². The summed E-state index contributed by atoms with van der Waals surface area (Å²) in [6.07, 6.45) is 11.4. The molecule has 2 fully saturated rings. The molecule has 1 aromatic carbocycles. The second-order valence-electron chi connectivity index (χ2n) is 8.36. The van der Waals surface area contributed by atoms with Gasteiger partial charge in [-0.2, -0.15) is 0 Å². The molecule has 1 spiro atoms. The van der Waals surface area contributed by atoms with Crippen molar-refractivity contribution in [2.24, 2.45) is 17.8 Å². The normalized spacial score (nSPS) is 33.6. The van der Waals surface area contributed by atoms with E-state index in [9.17, 15) is 0 Å². The number of hydrogen-bond acceptors (Lipinski definition) is 2. The topological polar surface area (TPSA) is 12.5 Å². The van der Waals surface area contributed by atoms with E-state index >= 15 is 0 Å². The second-order valence-corrected chi connectivity index (χ2v) is 8.80. The van der Waals surface area contributed by atoms with Crippen molar-refractivity contribution in [2.75, 3.05) is 26.2 Å². The molecule has 2 bridgehead atoms. The van der Waals surface area contributed by atoms with Gasteiger partial charge in [0, 0.05) is 22.5 Å². The fourth-order valence-electron chi connectivity index (χ4n) is 5.65. The van der Waals surface area contributed by atoms with Gasteiger partial charge in [-0.3, -0.25) is 0 Å². The molecule has 1 saturated carbocycles. The maximum Gasteiger partial charge on any atom is 0.123 e. The van der Waals surface area contributed by atoms with Crippen LogP contribution in [0.25, 0.3) is 0 Å². The third-order valence-corrected chi connectivity index (χ3v) is 7.31. The van der Waals surface area contributed by atoms with Crippen LogP contribution >= 0.6 is 11.6 Å². The number of benzene rings is 1. The summed E-state index contributed by atoms with van der Waals surface area (Å²) in [6.45, 7) is 4.61. The lowest BCUT2D eigenvalue weighted by atomic mass is 9.69. The van der Waals surface area contributed by atoms with Crippen LogP contribution in [0.4, 0.5) is 0 Å². The molecule has 0 N–H and O–H groups in total. The van der Waals surface area contributed by atoms with Gasteiger partial charge in [-0.05, 0) is 81.1 Å². The van der Waals surface area contributed by atoms with Gasteiger partial charge in [0.15, 0.2) is 0 Å². The first-order valence-electron chi connectivity index (χ1n) is 9.55. The first-order valence-corrected chi connectivity index (χ1v) is 9.93. The van der Waals surface area contributed by atoms with Crippen molar-refractivity contribution in [3.05, 3.63) is 40.9 Å². The fraction of sp³-hybridized carbons (Fsp3) is 0.619. The second kappa shape index (κ2) is 5.78. The highest BCUT2D eigenvalue weighted by Crippen LogP contribution is 2.48. The van der Waals surface area contributed by atoms with Crippen molar-refractivity contribution in [2.45, 2.75) is 37.5 Å². The first-order chi connectivity index (χ1) is 11.7. The first kappa shape index (κ1) is 15.3. The van der Waals surface area contributed by atoms with Crippen molar-refractivity contribution in [1.82, 2.24) is 4.90 Å². The van der Waals surface area contributed by atoms with Crippen LogP contribution in [0, 0.1) is 17.8 Å². The Kier molecular flexibility index (Phi) is 3.68. The molecule has 1 aromatic rings. The molecule has 3 atom stereocenters. The summed E-state index contributed by atoms with van der Waals surface area (Å²) in [6, 6.07) is 6.18. The van der Waals surface area contributed by atoms with Gasteiger partial charge in [0.2, 0.25) is 0 Å². The Hall–Kier alpha value is -0.990. The smallest absolute Gasteiger partial charge is 0.123 e. The minimum atomic E-state index is 0.295. The van der Waals surface area contributed by atoms with Gasteiger partial charge >= 0.3 is 0 Å². The molecule has 0 amide bonds. The summed E-state index contributed by atoms with van der Waals surface area (Å²) < 4.78 is 5.89. The zero-order valence-electron chi connectivity index (χ0n) is 14.2. The molecule has 2 aliphatic heterocycles. The number of piperidine rings is 1. The van der Waals surface area contributed by atoms with E-state index in [1.807, 2.05) is 6.07 Å². The van der Waals surface area contributed by atoms with Gasteiger partial charge in [0.1, 0.15) is 5.75 Å². The van der Waals surface area contributed by atoms with Gasteiger partial charge in [0.05, 0.1) is 6.61 Å². The Labute approximate surface area is 149 Å². The van der Waals surface area contributed by atoms with Crippen molar-refractivity contribution < 1.29 is 4.74 Å². The van der Waals surface area contributed by atoms with Crippen LogP contribution in [0.1, 0.15) is 37.7 Å². The van der Waals surface area contributed by atoms with Crippen molar-refractivity contribution in [1.29, 1.82) is 0 Å². The SMILES string of the molecule is Clc1ccc2c(c1)C1(CCO2)CCN(C[C@@H]2C[C@@H]3C=C[C@H]2C3)CC1. The lowest BCUT2D eigenvalue weighted by Gasteiger charge is -2.45. The molecule has 0 aromatic heterocycles. The van der Waals surface area contributed by atoms with Gasteiger partial charge in [-0.25, -0.2) is 0 Å². The predicted octanol–water partition coefficient (Wildman–Crippen LogP) is 4.67. The molecule has 0 unspecified atom stereocenters. The van der Waals surface area contributed by atoms with Crippen molar-refractivity contribution >= 4 is 11.6 Å². The van der Waals surface area contributed by atoms with Crippen LogP contribution in [0.15, 0.2) is 30.4 Å². The van der Waals surface area contributed by atoms with E-state index in [0.29, 0.717) is 5.41 Å². The Balaban J connectivity index is 1.29. The number of halogens is 1. The molecular formula is C21H26ClNO. The average Bonchev–Trinajstić information content (AvgIpc) is 3.21. The maximum atomic E-state index is 6.28. The average molecular weight is 344 g/mol. The standard InChI is InChI=1S/C21H26ClNO/c22-18-3-4-20-19(13-18)21(7-10-24-20)5-8-23(9-6-21)14-17-12-15-1-2-16(17)11-15/h1-4,13,15-17H,5-12,14H2/t15-,16+,17+/m1/s1. The zero-order chi connectivity index (χ0) is 16.1. The molecule has 2 aliphatic carbocycles. The van der Waals surface area contributed by atoms with E-state index in [2.05, 4.69) is 29.2 Å². The third-order valence-electron chi connectivity index (χ3n) is 7.07. The van der Waals surface area contributed by atoms with Gasteiger partial charge < -0.3 is 9.64 Å². The molecular weight excluding hydrogens is 318 g/mol. The summed E-state index contributed by atoms with van der Waals surface area (Å²) in [5, 5.41) is 0.842. The number of nitrogens with zero attached hydrogens (tertiary/aromatic N) is 1. The number of allylic oxidation sites excluding steroid dienone is 2. The predicted molar refractivity (Wildman–Crippen MR) is 97.8 cm³/mol. The summed E-state index contributed by atoms with van der Waals surface area (Å²) >= 11 is 6.28. The molecule has 24 heavy (non-hydrogen) atoms. The van der Waals surface area contributed by atoms with Crippen LogP contribution in [0.3, 0.4) is 0 Å². The maximum absolute atomic E-state index is 6.28. The summed E-state index contributed by atoms with van der Waals surface area (Å²) in [5.41, 5.74) is 1.66. The highest BCUT2D eigenvalue weighted by molar-refractivity contribution is 6.30. The molecule has 3 heteroatoms.